The van der Waals surface area contributed by atoms with E-state index < -0.39 is 0 Å². The molecule has 0 aliphatic carbocycles. The van der Waals surface area contributed by atoms with Crippen LogP contribution in [0.3, 0.4) is 0 Å². The van der Waals surface area contributed by atoms with E-state index >= 15 is 0 Å². The van der Waals surface area contributed by atoms with Crippen molar-refractivity contribution in [1.29, 1.82) is 0 Å². The summed E-state index contributed by atoms with van der Waals surface area (Å²) in [5, 5.41) is 0. The molecule has 11 heavy (non-hydrogen) atoms. The first-order chi connectivity index (χ1) is 5.05. The van der Waals surface area contributed by atoms with E-state index in [1.54, 1.807) is 6.33 Å². The van der Waals surface area contributed by atoms with Gasteiger partial charge in [-0.25, -0.2) is 4.98 Å². The number of hydrogen-bond donors (Lipinski definition) is 1. The molecule has 1 aromatic rings. The number of nitrogens with one attached hydrogen (secondary N) is 1. The quantitative estimate of drug-likeness (QED) is 0.692. The summed E-state index contributed by atoms with van der Waals surface area (Å²) in [5.41, 5.74) is 1.42. The number of nitrogens with zero attached hydrogens (tertiary/aromatic N) is 1. The molecular weight excluding hydrogens is 136 g/mol. The molecule has 0 aromatic carbocycles. The van der Waals surface area contributed by atoms with Gasteiger partial charge in [-0.05, 0) is 5.92 Å². The minimum atomic E-state index is 0.205. The van der Waals surface area contributed by atoms with Crippen LogP contribution < -0.4 is 0 Å². The highest BCUT2D eigenvalue weighted by Crippen LogP contribution is 2.28. The van der Waals surface area contributed by atoms with Crippen LogP contribution in [0.25, 0.3) is 0 Å². The Kier molecular flexibility index (Phi) is 2.03. The van der Waals surface area contributed by atoms with Gasteiger partial charge in [-0.2, -0.15) is 0 Å². The second kappa shape index (κ2) is 2.68. The van der Waals surface area contributed by atoms with E-state index in [1.807, 2.05) is 6.20 Å². The third-order valence-electron chi connectivity index (χ3n) is 2.64. The van der Waals surface area contributed by atoms with Crippen LogP contribution in [0.4, 0.5) is 0 Å². The second-order valence-corrected chi connectivity index (χ2v) is 3.84. The van der Waals surface area contributed by atoms with Gasteiger partial charge in [-0.3, -0.25) is 0 Å². The monoisotopic (exact) mass is 152 g/mol. The molecule has 0 aliphatic heterocycles. The summed E-state index contributed by atoms with van der Waals surface area (Å²) >= 11 is 0. The van der Waals surface area contributed by atoms with Crippen molar-refractivity contribution < 1.29 is 0 Å². The van der Waals surface area contributed by atoms with Gasteiger partial charge in [0.25, 0.3) is 0 Å². The summed E-state index contributed by atoms with van der Waals surface area (Å²) < 4.78 is 0. The predicted molar refractivity (Wildman–Crippen MR) is 46.5 cm³/mol. The van der Waals surface area contributed by atoms with Crippen LogP contribution in [-0.4, -0.2) is 9.97 Å². The zero-order chi connectivity index (χ0) is 8.48. The van der Waals surface area contributed by atoms with Crippen molar-refractivity contribution in [2.24, 2.45) is 5.92 Å². The molecule has 1 N–H and O–H groups in total. The lowest BCUT2D eigenvalue weighted by atomic mass is 9.79. The number of aromatic amines is 1. The fraction of sp³-hybridized carbons (Fsp3) is 0.667. The number of imidazole rings is 1. The van der Waals surface area contributed by atoms with Gasteiger partial charge in [-0.1, -0.05) is 27.7 Å². The largest absolute Gasteiger partial charge is 0.348 e. The van der Waals surface area contributed by atoms with E-state index in [0.717, 1.165) is 0 Å². The number of H-pyrrole nitrogens is 1. The fourth-order valence-electron chi connectivity index (χ4n) is 0.919. The first-order valence-corrected chi connectivity index (χ1v) is 4.04. The molecule has 2 heteroatoms. The van der Waals surface area contributed by atoms with Crippen molar-refractivity contribution in [3.8, 4) is 0 Å². The lowest BCUT2D eigenvalue weighted by molar-refractivity contribution is 0.363. The van der Waals surface area contributed by atoms with Crippen molar-refractivity contribution in [3.05, 3.63) is 18.2 Å². The molecular formula is C9H16N2. The molecule has 0 bridgehead atoms. The molecule has 1 rings (SSSR count). The van der Waals surface area contributed by atoms with E-state index in [9.17, 15) is 0 Å². The molecule has 0 atom stereocenters. The van der Waals surface area contributed by atoms with Crippen LogP contribution in [0.15, 0.2) is 12.5 Å². The van der Waals surface area contributed by atoms with Crippen LogP contribution in [0.5, 0.6) is 0 Å². The van der Waals surface area contributed by atoms with Crippen LogP contribution in [0, 0.1) is 5.92 Å². The molecule has 0 unspecified atom stereocenters. The molecule has 0 aliphatic rings. The third kappa shape index (κ3) is 1.44. The Hall–Kier alpha value is -0.790. The maximum Gasteiger partial charge on any atom is 0.0921 e. The van der Waals surface area contributed by atoms with Crippen LogP contribution in [-0.2, 0) is 5.41 Å². The highest BCUT2D eigenvalue weighted by atomic mass is 14.9. The van der Waals surface area contributed by atoms with Crippen molar-refractivity contribution in [3.63, 3.8) is 0 Å². The summed E-state index contributed by atoms with van der Waals surface area (Å²) in [6.45, 7) is 8.90. The Morgan fingerprint density at radius 2 is 2.09 bits per heavy atom. The molecule has 0 fully saturated rings. The highest BCUT2D eigenvalue weighted by molar-refractivity contribution is 5.10. The van der Waals surface area contributed by atoms with Crippen LogP contribution in [0.2, 0.25) is 0 Å². The van der Waals surface area contributed by atoms with Gasteiger partial charge in [0, 0.05) is 17.3 Å². The molecule has 0 saturated carbocycles. The number of aromatic nitrogens is 2. The van der Waals surface area contributed by atoms with Crippen molar-refractivity contribution >= 4 is 0 Å². The first-order valence-electron chi connectivity index (χ1n) is 4.04. The Balaban J connectivity index is 2.90. The minimum absolute atomic E-state index is 0.205. The van der Waals surface area contributed by atoms with Gasteiger partial charge in [-0.15, -0.1) is 0 Å². The molecule has 0 saturated heterocycles. The Bertz CT molecular complexity index is 209. The Morgan fingerprint density at radius 3 is 2.45 bits per heavy atom. The molecule has 1 aromatic heterocycles. The van der Waals surface area contributed by atoms with E-state index in [0.29, 0.717) is 5.92 Å². The molecule has 0 radical (unpaired) electrons. The van der Waals surface area contributed by atoms with Crippen molar-refractivity contribution in [1.82, 2.24) is 9.97 Å². The van der Waals surface area contributed by atoms with E-state index in [4.69, 9.17) is 0 Å². The Morgan fingerprint density at radius 1 is 1.45 bits per heavy atom. The summed E-state index contributed by atoms with van der Waals surface area (Å²) in [4.78, 5) is 7.16. The normalized spacial score (nSPS) is 12.5. The first kappa shape index (κ1) is 8.31. The number of rotatable bonds is 2. The highest BCUT2D eigenvalue weighted by Gasteiger charge is 2.25. The predicted octanol–water partition coefficient (Wildman–Crippen LogP) is 2.34. The summed E-state index contributed by atoms with van der Waals surface area (Å²) in [6.07, 6.45) is 3.64. The molecule has 0 amide bonds. The standard InChI is InChI=1S/C9H16N2/c1-7(2)9(3,4)8-5-10-6-11-8/h5-7H,1-4H3,(H,10,11). The molecule has 2 nitrogen and oxygen atoms in total. The zero-order valence-corrected chi connectivity index (χ0v) is 7.68. The minimum Gasteiger partial charge on any atom is -0.348 e. The van der Waals surface area contributed by atoms with Gasteiger partial charge in [0.2, 0.25) is 0 Å². The van der Waals surface area contributed by atoms with E-state index in [-0.39, 0.29) is 5.41 Å². The van der Waals surface area contributed by atoms with Crippen molar-refractivity contribution in [2.45, 2.75) is 33.1 Å². The van der Waals surface area contributed by atoms with Crippen LogP contribution >= 0.6 is 0 Å². The average molecular weight is 152 g/mol. The third-order valence-corrected chi connectivity index (χ3v) is 2.64. The van der Waals surface area contributed by atoms with Gasteiger partial charge < -0.3 is 4.98 Å². The molecule has 62 valence electrons. The van der Waals surface area contributed by atoms with Gasteiger partial charge in [0.1, 0.15) is 0 Å². The van der Waals surface area contributed by atoms with E-state index in [1.165, 1.54) is 5.69 Å². The topological polar surface area (TPSA) is 28.7 Å². The Labute approximate surface area is 68.0 Å². The molecule has 1 heterocycles. The van der Waals surface area contributed by atoms with Crippen molar-refractivity contribution in [2.75, 3.05) is 0 Å². The summed E-state index contributed by atoms with van der Waals surface area (Å²) in [6, 6.07) is 0. The summed E-state index contributed by atoms with van der Waals surface area (Å²) in [7, 11) is 0. The van der Waals surface area contributed by atoms with Gasteiger partial charge >= 0.3 is 0 Å². The zero-order valence-electron chi connectivity index (χ0n) is 7.68. The maximum atomic E-state index is 4.02. The van der Waals surface area contributed by atoms with E-state index in [2.05, 4.69) is 37.7 Å². The smallest absolute Gasteiger partial charge is 0.0921 e. The lowest BCUT2D eigenvalue weighted by Gasteiger charge is -2.27. The maximum absolute atomic E-state index is 4.02. The average Bonchev–Trinajstić information content (AvgIpc) is 2.37. The summed E-state index contributed by atoms with van der Waals surface area (Å²) in [5.74, 6) is 0.628. The second-order valence-electron chi connectivity index (χ2n) is 3.84. The number of hydrogen-bond acceptors (Lipinski definition) is 1. The van der Waals surface area contributed by atoms with Crippen LogP contribution in [0.1, 0.15) is 33.4 Å². The lowest BCUT2D eigenvalue weighted by Crippen LogP contribution is -2.24. The molecule has 0 spiro atoms. The van der Waals surface area contributed by atoms with Gasteiger partial charge in [0.05, 0.1) is 6.33 Å². The fourth-order valence-corrected chi connectivity index (χ4v) is 0.919. The van der Waals surface area contributed by atoms with Gasteiger partial charge in [0.15, 0.2) is 0 Å². The SMILES string of the molecule is CC(C)C(C)(C)c1cnc[nH]1.